The maximum atomic E-state index is 5.58. The maximum absolute atomic E-state index is 5.58. The quantitative estimate of drug-likeness (QED) is 0.809. The van der Waals surface area contributed by atoms with Crippen molar-refractivity contribution < 1.29 is 0 Å². The molecule has 3 nitrogen and oxygen atoms in total. The normalized spacial score (nSPS) is 17.7. The van der Waals surface area contributed by atoms with E-state index in [0.29, 0.717) is 6.04 Å². The molecule has 2 heterocycles. The summed E-state index contributed by atoms with van der Waals surface area (Å²) in [6.07, 6.45) is 2.14. The largest absolute Gasteiger partial charge is 0.348 e. The molecule has 0 spiro atoms. The molecule has 0 amide bonds. The van der Waals surface area contributed by atoms with Gasteiger partial charge in [0.15, 0.2) is 5.11 Å². The van der Waals surface area contributed by atoms with Gasteiger partial charge < -0.3 is 14.8 Å². The summed E-state index contributed by atoms with van der Waals surface area (Å²) in [5.41, 5.74) is 3.62. The van der Waals surface area contributed by atoms with Crippen LogP contribution in [0.15, 0.2) is 42.6 Å². The standard InChI is InChI=1S/C16H19N3S/c1-12-5-3-6-14(11-12)17-16(20)19-10-9-18-8-4-7-15(18)13(19)2/h3-8,11,13H,9-10H2,1-2H3,(H,17,20). The van der Waals surface area contributed by atoms with E-state index >= 15 is 0 Å². The third-order valence-electron chi connectivity index (χ3n) is 3.87. The number of aryl methyl sites for hydroxylation is 1. The number of anilines is 1. The van der Waals surface area contributed by atoms with Crippen molar-refractivity contribution in [2.45, 2.75) is 26.4 Å². The molecule has 0 saturated heterocycles. The number of thiocarbonyl (C=S) groups is 1. The molecule has 20 heavy (non-hydrogen) atoms. The first-order valence-electron chi connectivity index (χ1n) is 6.94. The van der Waals surface area contributed by atoms with Crippen molar-refractivity contribution in [3.05, 3.63) is 53.9 Å². The number of aromatic nitrogens is 1. The van der Waals surface area contributed by atoms with Gasteiger partial charge in [0.1, 0.15) is 0 Å². The Balaban J connectivity index is 1.75. The van der Waals surface area contributed by atoms with E-state index in [1.165, 1.54) is 11.3 Å². The van der Waals surface area contributed by atoms with Crippen molar-refractivity contribution in [1.82, 2.24) is 9.47 Å². The van der Waals surface area contributed by atoms with Gasteiger partial charge in [0, 0.05) is 30.7 Å². The molecular weight excluding hydrogens is 266 g/mol. The van der Waals surface area contributed by atoms with Crippen LogP contribution in [0.3, 0.4) is 0 Å². The highest BCUT2D eigenvalue weighted by Crippen LogP contribution is 2.26. The molecule has 1 unspecified atom stereocenters. The van der Waals surface area contributed by atoms with Gasteiger partial charge in [-0.3, -0.25) is 0 Å². The van der Waals surface area contributed by atoms with Crippen LogP contribution < -0.4 is 5.32 Å². The molecule has 3 rings (SSSR count). The van der Waals surface area contributed by atoms with E-state index in [1.54, 1.807) is 0 Å². The molecule has 104 valence electrons. The maximum Gasteiger partial charge on any atom is 0.174 e. The Morgan fingerprint density at radius 2 is 2.10 bits per heavy atom. The number of nitrogens with zero attached hydrogens (tertiary/aromatic N) is 2. The minimum Gasteiger partial charge on any atom is -0.348 e. The third-order valence-corrected chi connectivity index (χ3v) is 4.21. The molecule has 0 aliphatic carbocycles. The zero-order valence-corrected chi connectivity index (χ0v) is 12.7. The summed E-state index contributed by atoms with van der Waals surface area (Å²) in [7, 11) is 0. The van der Waals surface area contributed by atoms with E-state index in [1.807, 2.05) is 6.07 Å². The Kier molecular flexibility index (Phi) is 3.49. The Bertz CT molecular complexity index is 632. The third kappa shape index (κ3) is 2.43. The Labute approximate surface area is 125 Å². The van der Waals surface area contributed by atoms with Gasteiger partial charge in [-0.05, 0) is 55.9 Å². The molecule has 2 aromatic rings. The molecule has 0 saturated carbocycles. The van der Waals surface area contributed by atoms with Crippen LogP contribution in [0.5, 0.6) is 0 Å². The predicted molar refractivity (Wildman–Crippen MR) is 87.0 cm³/mol. The molecule has 1 aliphatic rings. The lowest BCUT2D eigenvalue weighted by molar-refractivity contribution is 0.276. The van der Waals surface area contributed by atoms with Crippen LogP contribution in [0, 0.1) is 6.92 Å². The van der Waals surface area contributed by atoms with Crippen LogP contribution >= 0.6 is 12.2 Å². The fourth-order valence-electron chi connectivity index (χ4n) is 2.77. The summed E-state index contributed by atoms with van der Waals surface area (Å²) >= 11 is 5.58. The fourth-order valence-corrected chi connectivity index (χ4v) is 3.14. The van der Waals surface area contributed by atoms with Gasteiger partial charge in [-0.1, -0.05) is 12.1 Å². The summed E-state index contributed by atoms with van der Waals surface area (Å²) in [6.45, 7) is 6.22. The zero-order chi connectivity index (χ0) is 14.1. The summed E-state index contributed by atoms with van der Waals surface area (Å²) in [5, 5.41) is 4.16. The lowest BCUT2D eigenvalue weighted by atomic mass is 10.1. The van der Waals surface area contributed by atoms with Gasteiger partial charge >= 0.3 is 0 Å². The molecule has 1 aromatic carbocycles. The highest BCUT2D eigenvalue weighted by molar-refractivity contribution is 7.80. The number of hydrogen-bond acceptors (Lipinski definition) is 1. The Hall–Kier alpha value is -1.81. The number of benzene rings is 1. The van der Waals surface area contributed by atoms with Crippen molar-refractivity contribution in [3.8, 4) is 0 Å². The van der Waals surface area contributed by atoms with E-state index in [0.717, 1.165) is 23.9 Å². The first kappa shape index (κ1) is 13.2. The van der Waals surface area contributed by atoms with Gasteiger partial charge in [0.2, 0.25) is 0 Å². The monoisotopic (exact) mass is 285 g/mol. The molecule has 1 N–H and O–H groups in total. The highest BCUT2D eigenvalue weighted by Gasteiger charge is 2.25. The summed E-state index contributed by atoms with van der Waals surface area (Å²) in [6, 6.07) is 12.9. The summed E-state index contributed by atoms with van der Waals surface area (Å²) in [5.74, 6) is 0. The second-order valence-corrected chi connectivity index (χ2v) is 5.68. The van der Waals surface area contributed by atoms with E-state index in [4.69, 9.17) is 12.2 Å². The Morgan fingerprint density at radius 3 is 2.90 bits per heavy atom. The van der Waals surface area contributed by atoms with Gasteiger partial charge in [-0.2, -0.15) is 0 Å². The van der Waals surface area contributed by atoms with Crippen LogP contribution in [-0.4, -0.2) is 21.1 Å². The second-order valence-electron chi connectivity index (χ2n) is 5.30. The highest BCUT2D eigenvalue weighted by atomic mass is 32.1. The van der Waals surface area contributed by atoms with Crippen molar-refractivity contribution in [2.24, 2.45) is 0 Å². The first-order chi connectivity index (χ1) is 9.65. The van der Waals surface area contributed by atoms with E-state index in [-0.39, 0.29) is 0 Å². The van der Waals surface area contributed by atoms with E-state index in [2.05, 4.69) is 65.2 Å². The van der Waals surface area contributed by atoms with Gasteiger partial charge in [0.25, 0.3) is 0 Å². The minimum atomic E-state index is 0.309. The lowest BCUT2D eigenvalue weighted by Crippen LogP contribution is -2.42. The van der Waals surface area contributed by atoms with Crippen molar-refractivity contribution in [1.29, 1.82) is 0 Å². The SMILES string of the molecule is Cc1cccc(NC(=S)N2CCn3cccc3C2C)c1. The average Bonchev–Trinajstić information content (AvgIpc) is 2.88. The first-order valence-corrected chi connectivity index (χ1v) is 7.35. The predicted octanol–water partition coefficient (Wildman–Crippen LogP) is 3.57. The molecule has 0 radical (unpaired) electrons. The fraction of sp³-hybridized carbons (Fsp3) is 0.312. The molecule has 0 fully saturated rings. The van der Waals surface area contributed by atoms with E-state index in [9.17, 15) is 0 Å². The summed E-state index contributed by atoms with van der Waals surface area (Å²) in [4.78, 5) is 2.26. The molecule has 0 bridgehead atoms. The molecule has 4 heteroatoms. The zero-order valence-electron chi connectivity index (χ0n) is 11.8. The molecule has 1 atom stereocenters. The average molecular weight is 285 g/mol. The lowest BCUT2D eigenvalue weighted by Gasteiger charge is -2.36. The molecular formula is C16H19N3S. The van der Waals surface area contributed by atoms with Crippen LogP contribution in [0.25, 0.3) is 0 Å². The number of rotatable bonds is 1. The number of hydrogen-bond donors (Lipinski definition) is 1. The molecule has 1 aromatic heterocycles. The number of fused-ring (bicyclic) bond motifs is 1. The van der Waals surface area contributed by atoms with Crippen molar-refractivity contribution in [3.63, 3.8) is 0 Å². The van der Waals surface area contributed by atoms with Crippen LogP contribution in [0.4, 0.5) is 5.69 Å². The van der Waals surface area contributed by atoms with E-state index < -0.39 is 0 Å². The van der Waals surface area contributed by atoms with Gasteiger partial charge in [0.05, 0.1) is 6.04 Å². The molecule has 1 aliphatic heterocycles. The summed E-state index contributed by atoms with van der Waals surface area (Å²) < 4.78 is 2.30. The van der Waals surface area contributed by atoms with Crippen molar-refractivity contribution >= 4 is 23.0 Å². The second kappa shape index (κ2) is 5.29. The minimum absolute atomic E-state index is 0.309. The van der Waals surface area contributed by atoms with Crippen LogP contribution in [-0.2, 0) is 6.54 Å². The van der Waals surface area contributed by atoms with Gasteiger partial charge in [-0.15, -0.1) is 0 Å². The topological polar surface area (TPSA) is 20.2 Å². The van der Waals surface area contributed by atoms with Gasteiger partial charge in [-0.25, -0.2) is 0 Å². The smallest absolute Gasteiger partial charge is 0.174 e. The number of nitrogens with one attached hydrogen (secondary N) is 1. The van der Waals surface area contributed by atoms with Crippen molar-refractivity contribution in [2.75, 3.05) is 11.9 Å². The van der Waals surface area contributed by atoms with Crippen LogP contribution in [0.1, 0.15) is 24.2 Å². The Morgan fingerprint density at radius 1 is 1.25 bits per heavy atom. The van der Waals surface area contributed by atoms with Crippen LogP contribution in [0.2, 0.25) is 0 Å².